The van der Waals surface area contributed by atoms with Gasteiger partial charge in [0.1, 0.15) is 0 Å². The Labute approximate surface area is 88.8 Å². The second-order valence-corrected chi connectivity index (χ2v) is 5.02. The fourth-order valence-corrected chi connectivity index (χ4v) is 1.86. The highest BCUT2D eigenvalue weighted by molar-refractivity contribution is 9.10. The van der Waals surface area contributed by atoms with Crippen LogP contribution in [0.15, 0.2) is 0 Å². The maximum Gasteiger partial charge on any atom is 0.236 e. The third-order valence-electron chi connectivity index (χ3n) is 2.49. The lowest BCUT2D eigenvalue weighted by molar-refractivity contribution is -0.132. The van der Waals surface area contributed by atoms with Gasteiger partial charge in [0, 0.05) is 13.1 Å². The molecule has 2 nitrogen and oxygen atoms in total. The molecule has 1 fully saturated rings. The van der Waals surface area contributed by atoms with Gasteiger partial charge in [-0.15, -0.1) is 0 Å². The van der Waals surface area contributed by atoms with E-state index in [9.17, 15) is 4.79 Å². The Bertz CT molecular complexity index is 176. The summed E-state index contributed by atoms with van der Waals surface area (Å²) in [6.07, 6.45) is 3.62. The molecule has 1 saturated heterocycles. The van der Waals surface area contributed by atoms with E-state index in [0.717, 1.165) is 13.1 Å². The first-order chi connectivity index (χ1) is 6.13. The topological polar surface area (TPSA) is 20.3 Å². The van der Waals surface area contributed by atoms with E-state index >= 15 is 0 Å². The van der Waals surface area contributed by atoms with E-state index in [-0.39, 0.29) is 10.7 Å². The largest absolute Gasteiger partial charge is 0.342 e. The number of rotatable bonds is 2. The fourth-order valence-electron chi connectivity index (χ4n) is 1.57. The number of hydrogen-bond donors (Lipinski definition) is 0. The van der Waals surface area contributed by atoms with Crippen LogP contribution in [0.2, 0.25) is 0 Å². The number of alkyl halides is 1. The SMILES string of the molecule is CC(C)C(Br)C(=O)N1CCCCC1. The molecule has 1 rings (SSSR count). The number of piperidine rings is 1. The van der Waals surface area contributed by atoms with E-state index in [1.807, 2.05) is 4.90 Å². The zero-order chi connectivity index (χ0) is 9.84. The van der Waals surface area contributed by atoms with E-state index in [4.69, 9.17) is 0 Å². The van der Waals surface area contributed by atoms with Crippen LogP contribution in [-0.4, -0.2) is 28.7 Å². The molecule has 1 aliphatic heterocycles. The Kier molecular flexibility index (Phi) is 4.23. The Morgan fingerprint density at radius 2 is 1.77 bits per heavy atom. The van der Waals surface area contributed by atoms with E-state index in [2.05, 4.69) is 29.8 Å². The van der Waals surface area contributed by atoms with Crippen LogP contribution in [-0.2, 0) is 4.79 Å². The maximum absolute atomic E-state index is 11.8. The van der Waals surface area contributed by atoms with Crippen molar-refractivity contribution in [3.05, 3.63) is 0 Å². The van der Waals surface area contributed by atoms with Crippen LogP contribution in [0.5, 0.6) is 0 Å². The standard InChI is InChI=1S/C10H18BrNO/c1-8(2)9(11)10(13)12-6-4-3-5-7-12/h8-9H,3-7H2,1-2H3. The van der Waals surface area contributed by atoms with Gasteiger partial charge in [-0.1, -0.05) is 29.8 Å². The van der Waals surface area contributed by atoms with Crippen molar-refractivity contribution in [2.24, 2.45) is 5.92 Å². The molecule has 3 heteroatoms. The van der Waals surface area contributed by atoms with E-state index in [1.165, 1.54) is 19.3 Å². The number of carbonyl (C=O) groups excluding carboxylic acids is 1. The second kappa shape index (κ2) is 4.99. The van der Waals surface area contributed by atoms with Gasteiger partial charge in [0.2, 0.25) is 5.91 Å². The van der Waals surface area contributed by atoms with Gasteiger partial charge in [-0.25, -0.2) is 0 Å². The van der Waals surface area contributed by atoms with Gasteiger partial charge in [-0.2, -0.15) is 0 Å². The molecule has 0 saturated carbocycles. The molecule has 1 amide bonds. The number of halogens is 1. The molecule has 1 heterocycles. The summed E-state index contributed by atoms with van der Waals surface area (Å²) in [5.74, 6) is 0.657. The minimum atomic E-state index is 0.00519. The van der Waals surface area contributed by atoms with Crippen molar-refractivity contribution in [2.45, 2.75) is 37.9 Å². The Hall–Kier alpha value is -0.0500. The zero-order valence-corrected chi connectivity index (χ0v) is 10.0. The van der Waals surface area contributed by atoms with Crippen molar-refractivity contribution >= 4 is 21.8 Å². The number of carbonyl (C=O) groups is 1. The zero-order valence-electron chi connectivity index (χ0n) is 8.42. The molecule has 1 aliphatic rings. The number of likely N-dealkylation sites (tertiary alicyclic amines) is 1. The van der Waals surface area contributed by atoms with Crippen LogP contribution in [0.4, 0.5) is 0 Å². The molecule has 0 aliphatic carbocycles. The highest BCUT2D eigenvalue weighted by Crippen LogP contribution is 2.18. The lowest BCUT2D eigenvalue weighted by Crippen LogP contribution is -2.41. The smallest absolute Gasteiger partial charge is 0.236 e. The summed E-state index contributed by atoms with van der Waals surface area (Å²) in [6, 6.07) is 0. The predicted molar refractivity (Wildman–Crippen MR) is 58.0 cm³/mol. The van der Waals surface area contributed by atoms with Crippen molar-refractivity contribution in [3.63, 3.8) is 0 Å². The number of amides is 1. The van der Waals surface area contributed by atoms with Crippen molar-refractivity contribution in [1.29, 1.82) is 0 Å². The first-order valence-electron chi connectivity index (χ1n) is 5.06. The minimum Gasteiger partial charge on any atom is -0.342 e. The average molecular weight is 248 g/mol. The highest BCUT2D eigenvalue weighted by Gasteiger charge is 2.25. The Balaban J connectivity index is 2.45. The minimum absolute atomic E-state index is 0.00519. The van der Waals surface area contributed by atoms with Gasteiger partial charge in [0.25, 0.3) is 0 Å². The molecule has 1 unspecified atom stereocenters. The second-order valence-electron chi connectivity index (χ2n) is 4.03. The first kappa shape index (κ1) is 11.0. The predicted octanol–water partition coefficient (Wildman–Crippen LogP) is 2.42. The molecule has 0 aromatic rings. The molecule has 76 valence electrons. The van der Waals surface area contributed by atoms with E-state index in [1.54, 1.807) is 0 Å². The van der Waals surface area contributed by atoms with Gasteiger partial charge >= 0.3 is 0 Å². The summed E-state index contributed by atoms with van der Waals surface area (Å²) < 4.78 is 0. The monoisotopic (exact) mass is 247 g/mol. The van der Waals surface area contributed by atoms with Crippen LogP contribution < -0.4 is 0 Å². The number of nitrogens with zero attached hydrogens (tertiary/aromatic N) is 1. The molecule has 0 N–H and O–H groups in total. The Morgan fingerprint density at radius 1 is 1.23 bits per heavy atom. The first-order valence-corrected chi connectivity index (χ1v) is 5.97. The summed E-state index contributed by atoms with van der Waals surface area (Å²) in [6.45, 7) is 6.05. The molecule has 0 spiro atoms. The molecular formula is C10H18BrNO. The summed E-state index contributed by atoms with van der Waals surface area (Å²) in [7, 11) is 0. The van der Waals surface area contributed by atoms with Gasteiger partial charge in [0.05, 0.1) is 4.83 Å². The van der Waals surface area contributed by atoms with E-state index < -0.39 is 0 Å². The van der Waals surface area contributed by atoms with Crippen LogP contribution in [0.1, 0.15) is 33.1 Å². The third kappa shape index (κ3) is 2.97. The van der Waals surface area contributed by atoms with E-state index in [0.29, 0.717) is 5.92 Å². The molecular weight excluding hydrogens is 230 g/mol. The van der Waals surface area contributed by atoms with Crippen LogP contribution in [0.25, 0.3) is 0 Å². The lowest BCUT2D eigenvalue weighted by atomic mass is 10.1. The normalized spacial score (nSPS) is 20.5. The summed E-state index contributed by atoms with van der Waals surface area (Å²) >= 11 is 3.45. The van der Waals surface area contributed by atoms with Gasteiger partial charge in [-0.3, -0.25) is 4.79 Å². The van der Waals surface area contributed by atoms with Gasteiger partial charge in [-0.05, 0) is 25.2 Å². The van der Waals surface area contributed by atoms with Crippen molar-refractivity contribution in [1.82, 2.24) is 4.90 Å². The van der Waals surface area contributed by atoms with Crippen LogP contribution in [0, 0.1) is 5.92 Å². The quantitative estimate of drug-likeness (QED) is 0.687. The molecule has 0 bridgehead atoms. The molecule has 1 atom stereocenters. The van der Waals surface area contributed by atoms with Gasteiger partial charge < -0.3 is 4.90 Å². The highest BCUT2D eigenvalue weighted by atomic mass is 79.9. The molecule has 0 aromatic heterocycles. The summed E-state index contributed by atoms with van der Waals surface area (Å²) in [4.78, 5) is 13.8. The molecule has 13 heavy (non-hydrogen) atoms. The Morgan fingerprint density at radius 3 is 2.23 bits per heavy atom. The van der Waals surface area contributed by atoms with Crippen LogP contribution >= 0.6 is 15.9 Å². The molecule has 0 radical (unpaired) electrons. The van der Waals surface area contributed by atoms with Crippen molar-refractivity contribution in [2.75, 3.05) is 13.1 Å². The summed E-state index contributed by atoms with van der Waals surface area (Å²) in [5, 5.41) is 0. The van der Waals surface area contributed by atoms with Gasteiger partial charge in [0.15, 0.2) is 0 Å². The lowest BCUT2D eigenvalue weighted by Gasteiger charge is -2.29. The third-order valence-corrected chi connectivity index (χ3v) is 3.94. The maximum atomic E-state index is 11.8. The van der Waals surface area contributed by atoms with Crippen molar-refractivity contribution in [3.8, 4) is 0 Å². The number of hydrogen-bond acceptors (Lipinski definition) is 1. The van der Waals surface area contributed by atoms with Crippen molar-refractivity contribution < 1.29 is 4.79 Å². The fraction of sp³-hybridized carbons (Fsp3) is 0.900. The molecule has 0 aromatic carbocycles. The average Bonchev–Trinajstić information content (AvgIpc) is 2.17. The summed E-state index contributed by atoms with van der Waals surface area (Å²) in [5.41, 5.74) is 0. The van der Waals surface area contributed by atoms with Crippen LogP contribution in [0.3, 0.4) is 0 Å².